The second kappa shape index (κ2) is 8.20. The van der Waals surface area contributed by atoms with Crippen molar-refractivity contribution in [2.75, 3.05) is 0 Å². The van der Waals surface area contributed by atoms with E-state index in [0.717, 1.165) is 26.7 Å². The van der Waals surface area contributed by atoms with Crippen LogP contribution in [-0.4, -0.2) is 15.6 Å². The van der Waals surface area contributed by atoms with Crippen LogP contribution in [0.4, 0.5) is 0 Å². The van der Waals surface area contributed by atoms with Crippen LogP contribution >= 0.6 is 15.9 Å². The fourth-order valence-electron chi connectivity index (χ4n) is 3.43. The third kappa shape index (κ3) is 3.88. The second-order valence-corrected chi connectivity index (χ2v) is 7.89. The molecule has 0 bridgehead atoms. The van der Waals surface area contributed by atoms with Crippen molar-refractivity contribution < 1.29 is 9.21 Å². The van der Waals surface area contributed by atoms with Gasteiger partial charge in [0.05, 0.1) is 5.69 Å². The summed E-state index contributed by atoms with van der Waals surface area (Å²) in [5.74, 6) is 0.569. The number of halogens is 1. The zero-order chi connectivity index (χ0) is 21.2. The summed E-state index contributed by atoms with van der Waals surface area (Å²) in [6.45, 7) is 0. The first kappa shape index (κ1) is 19.3. The van der Waals surface area contributed by atoms with E-state index in [-0.39, 0.29) is 5.78 Å². The largest absolute Gasteiger partial charge is 0.454 e. The van der Waals surface area contributed by atoms with Gasteiger partial charge >= 0.3 is 0 Å². The third-order valence-corrected chi connectivity index (χ3v) is 5.67. The lowest BCUT2D eigenvalue weighted by Gasteiger charge is -1.99. The minimum absolute atomic E-state index is 0.0875. The van der Waals surface area contributed by atoms with Crippen molar-refractivity contribution in [3.63, 3.8) is 0 Å². The maximum atomic E-state index is 12.7. The van der Waals surface area contributed by atoms with Gasteiger partial charge in [-0.25, -0.2) is 4.68 Å². The topological polar surface area (TPSA) is 48.0 Å². The average molecular weight is 469 g/mol. The van der Waals surface area contributed by atoms with Crippen LogP contribution in [0.25, 0.3) is 34.2 Å². The Morgan fingerprint density at radius 3 is 2.48 bits per heavy atom. The molecule has 5 aromatic rings. The number of carbonyl (C=O) groups excluding carboxylic acids is 1. The Balaban J connectivity index is 1.59. The van der Waals surface area contributed by atoms with Crippen LogP contribution in [0.5, 0.6) is 0 Å². The van der Waals surface area contributed by atoms with Crippen LogP contribution in [0.1, 0.15) is 15.9 Å². The van der Waals surface area contributed by atoms with Crippen LogP contribution in [0.2, 0.25) is 0 Å². The zero-order valence-electron chi connectivity index (χ0n) is 16.4. The highest BCUT2D eigenvalue weighted by atomic mass is 79.9. The van der Waals surface area contributed by atoms with E-state index >= 15 is 0 Å². The Morgan fingerprint density at radius 1 is 0.935 bits per heavy atom. The number of hydrogen-bond acceptors (Lipinski definition) is 3. The molecular formula is C26H17BrN2O2. The van der Waals surface area contributed by atoms with E-state index in [1.165, 1.54) is 0 Å². The zero-order valence-corrected chi connectivity index (χ0v) is 18.0. The molecule has 31 heavy (non-hydrogen) atoms. The van der Waals surface area contributed by atoms with E-state index < -0.39 is 0 Å². The molecule has 0 atom stereocenters. The second-order valence-electron chi connectivity index (χ2n) is 7.04. The third-order valence-electron chi connectivity index (χ3n) is 4.98. The normalized spacial score (nSPS) is 11.4. The molecular weight excluding hydrogens is 452 g/mol. The molecule has 0 aliphatic heterocycles. The molecule has 2 heterocycles. The van der Waals surface area contributed by atoms with Crippen LogP contribution in [-0.2, 0) is 0 Å². The fourth-order valence-corrected chi connectivity index (χ4v) is 3.91. The molecule has 5 heteroatoms. The van der Waals surface area contributed by atoms with Gasteiger partial charge in [0, 0.05) is 27.2 Å². The first-order chi connectivity index (χ1) is 15.2. The van der Waals surface area contributed by atoms with Gasteiger partial charge in [-0.1, -0.05) is 64.5 Å². The number of aromatic nitrogens is 2. The molecule has 0 aliphatic rings. The van der Waals surface area contributed by atoms with Crippen LogP contribution in [0.15, 0.2) is 106 Å². The summed E-state index contributed by atoms with van der Waals surface area (Å²) in [6.07, 6.45) is 5.26. The van der Waals surface area contributed by atoms with E-state index in [9.17, 15) is 4.79 Å². The molecule has 0 amide bonds. The number of hydrogen-bond donors (Lipinski definition) is 0. The summed E-state index contributed by atoms with van der Waals surface area (Å²) >= 11 is 3.44. The monoisotopic (exact) mass is 468 g/mol. The molecule has 0 aliphatic carbocycles. The molecule has 5 rings (SSSR count). The highest BCUT2D eigenvalue weighted by Crippen LogP contribution is 2.30. The number of benzene rings is 3. The smallest absolute Gasteiger partial charge is 0.186 e. The van der Waals surface area contributed by atoms with E-state index in [1.807, 2.05) is 85.1 Å². The fraction of sp³-hybridized carbons (Fsp3) is 0. The lowest BCUT2D eigenvalue weighted by molar-refractivity contribution is 0.104. The summed E-state index contributed by atoms with van der Waals surface area (Å²) in [5, 5.41) is 5.77. The van der Waals surface area contributed by atoms with E-state index in [0.29, 0.717) is 17.0 Å². The minimum atomic E-state index is -0.0875. The number of carbonyl (C=O) groups is 1. The van der Waals surface area contributed by atoms with Gasteiger partial charge in [0.2, 0.25) is 0 Å². The van der Waals surface area contributed by atoms with E-state index in [1.54, 1.807) is 22.9 Å². The van der Waals surface area contributed by atoms with Gasteiger partial charge in [0.15, 0.2) is 11.5 Å². The SMILES string of the molecule is O=C(C=Cc1cn(-c2ccccc2)nc1-c1cc2ccccc2o1)c1ccccc1Br. The molecule has 3 aromatic carbocycles. The summed E-state index contributed by atoms with van der Waals surface area (Å²) in [4.78, 5) is 12.7. The Hall–Kier alpha value is -3.70. The van der Waals surface area contributed by atoms with Gasteiger partial charge in [-0.15, -0.1) is 0 Å². The number of rotatable bonds is 5. The van der Waals surface area contributed by atoms with Gasteiger partial charge in [0.25, 0.3) is 0 Å². The maximum absolute atomic E-state index is 12.7. The number of fused-ring (bicyclic) bond motifs is 1. The quantitative estimate of drug-likeness (QED) is 0.207. The number of ketones is 1. The number of allylic oxidation sites excluding steroid dienone is 1. The molecule has 0 unspecified atom stereocenters. The minimum Gasteiger partial charge on any atom is -0.454 e. The van der Waals surface area contributed by atoms with Crippen LogP contribution < -0.4 is 0 Å². The van der Waals surface area contributed by atoms with Crippen molar-refractivity contribution in [2.24, 2.45) is 0 Å². The Kier molecular flexibility index (Phi) is 5.10. The van der Waals surface area contributed by atoms with Gasteiger partial charge in [-0.2, -0.15) is 5.10 Å². The highest BCUT2D eigenvalue weighted by molar-refractivity contribution is 9.10. The molecule has 4 nitrogen and oxygen atoms in total. The lowest BCUT2D eigenvalue weighted by atomic mass is 10.1. The lowest BCUT2D eigenvalue weighted by Crippen LogP contribution is -1.95. The van der Waals surface area contributed by atoms with Crippen molar-refractivity contribution in [2.45, 2.75) is 0 Å². The highest BCUT2D eigenvalue weighted by Gasteiger charge is 2.15. The molecule has 0 saturated heterocycles. The van der Waals surface area contributed by atoms with Crippen molar-refractivity contribution in [3.05, 3.63) is 113 Å². The van der Waals surface area contributed by atoms with Crippen molar-refractivity contribution in [1.82, 2.24) is 9.78 Å². The maximum Gasteiger partial charge on any atom is 0.186 e. The summed E-state index contributed by atoms with van der Waals surface area (Å²) in [5.41, 5.74) is 3.81. The molecule has 0 N–H and O–H groups in total. The molecule has 0 saturated carbocycles. The number of nitrogens with zero attached hydrogens (tertiary/aromatic N) is 2. The first-order valence-corrected chi connectivity index (χ1v) is 10.6. The van der Waals surface area contributed by atoms with Crippen LogP contribution in [0, 0.1) is 0 Å². The van der Waals surface area contributed by atoms with Crippen molar-refractivity contribution in [3.8, 4) is 17.1 Å². The average Bonchev–Trinajstić information content (AvgIpc) is 3.42. The van der Waals surface area contributed by atoms with Gasteiger partial charge < -0.3 is 4.42 Å². The summed E-state index contributed by atoms with van der Waals surface area (Å²) in [7, 11) is 0. The molecule has 2 aromatic heterocycles. The predicted molar refractivity (Wildman–Crippen MR) is 126 cm³/mol. The summed E-state index contributed by atoms with van der Waals surface area (Å²) in [6, 6.07) is 27.0. The first-order valence-electron chi connectivity index (χ1n) is 9.80. The molecule has 0 fully saturated rings. The number of furan rings is 1. The summed E-state index contributed by atoms with van der Waals surface area (Å²) < 4.78 is 8.61. The predicted octanol–water partition coefficient (Wildman–Crippen LogP) is 6.94. The number of para-hydroxylation sites is 2. The van der Waals surface area contributed by atoms with Crippen molar-refractivity contribution in [1.29, 1.82) is 0 Å². The van der Waals surface area contributed by atoms with Gasteiger partial charge in [-0.05, 0) is 48.6 Å². The molecule has 0 radical (unpaired) electrons. The van der Waals surface area contributed by atoms with Gasteiger partial charge in [-0.3, -0.25) is 4.79 Å². The van der Waals surface area contributed by atoms with Crippen molar-refractivity contribution >= 4 is 38.8 Å². The standard InChI is InChI=1S/C26H17BrN2O2/c27-22-12-6-5-11-21(22)23(30)15-14-19-17-29(20-9-2-1-3-10-20)28-26(19)25-16-18-8-4-7-13-24(18)31-25/h1-17H. The van der Waals surface area contributed by atoms with Gasteiger partial charge in [0.1, 0.15) is 11.3 Å². The van der Waals surface area contributed by atoms with E-state index in [4.69, 9.17) is 9.52 Å². The Morgan fingerprint density at radius 2 is 1.68 bits per heavy atom. The molecule has 0 spiro atoms. The Bertz CT molecular complexity index is 1380. The van der Waals surface area contributed by atoms with Crippen LogP contribution in [0.3, 0.4) is 0 Å². The molecule has 150 valence electrons. The van der Waals surface area contributed by atoms with E-state index in [2.05, 4.69) is 15.9 Å². The Labute approximate surface area is 187 Å².